The molecular weight excluding hydrogens is 338 g/mol. The Balaban J connectivity index is 2.24. The van der Waals surface area contributed by atoms with Gasteiger partial charge in [0.2, 0.25) is 10.0 Å². The molecular formula is C18H25N3O3S. The summed E-state index contributed by atoms with van der Waals surface area (Å²) < 4.78 is 28.0. The first-order valence-electron chi connectivity index (χ1n) is 7.99. The average Bonchev–Trinajstić information content (AvgIpc) is 2.79. The van der Waals surface area contributed by atoms with Gasteiger partial charge in [0.25, 0.3) is 5.91 Å². The summed E-state index contributed by atoms with van der Waals surface area (Å²) in [4.78, 5) is 12.6. The molecule has 0 radical (unpaired) electrons. The fraction of sp³-hybridized carbons (Fsp3) is 0.389. The largest absolute Gasteiger partial charge is 0.352 e. The minimum absolute atomic E-state index is 0.150. The van der Waals surface area contributed by atoms with Crippen molar-refractivity contribution in [2.75, 3.05) is 14.1 Å². The van der Waals surface area contributed by atoms with Crippen LogP contribution in [0.5, 0.6) is 0 Å². The first-order chi connectivity index (χ1) is 11.6. The highest BCUT2D eigenvalue weighted by Crippen LogP contribution is 2.20. The summed E-state index contributed by atoms with van der Waals surface area (Å²) in [7, 11) is 1.34. The molecule has 0 saturated heterocycles. The third-order valence-corrected chi connectivity index (χ3v) is 6.49. The first kappa shape index (κ1) is 19.2. The van der Waals surface area contributed by atoms with Crippen LogP contribution < -0.4 is 5.32 Å². The average molecular weight is 363 g/mol. The van der Waals surface area contributed by atoms with E-state index < -0.39 is 10.0 Å². The number of benzene rings is 1. The van der Waals surface area contributed by atoms with Gasteiger partial charge in [0, 0.05) is 44.6 Å². The molecule has 1 aromatic carbocycles. The molecule has 7 heteroatoms. The topological polar surface area (TPSA) is 71.4 Å². The Morgan fingerprint density at radius 2 is 1.80 bits per heavy atom. The molecule has 0 fully saturated rings. The molecule has 0 aliphatic heterocycles. The third-order valence-electron chi connectivity index (χ3n) is 4.53. The highest BCUT2D eigenvalue weighted by Gasteiger charge is 2.21. The van der Waals surface area contributed by atoms with E-state index in [1.807, 2.05) is 27.0 Å². The quantitative estimate of drug-likeness (QED) is 0.885. The van der Waals surface area contributed by atoms with Crippen molar-refractivity contribution in [3.63, 3.8) is 0 Å². The fourth-order valence-electron chi connectivity index (χ4n) is 2.61. The molecule has 0 spiro atoms. The number of nitrogens with one attached hydrogen (secondary N) is 1. The third kappa shape index (κ3) is 3.77. The standard InChI is InChI=1S/C18H25N3O3S/c1-12-7-8-15(10-17(12)25(23,24)20(4)5)18(22)19-11-16-9-13(2)21(6)14(16)3/h7-10H,11H2,1-6H3,(H,19,22). The molecule has 136 valence electrons. The smallest absolute Gasteiger partial charge is 0.251 e. The van der Waals surface area contributed by atoms with Crippen LogP contribution in [0.4, 0.5) is 0 Å². The molecule has 1 heterocycles. The van der Waals surface area contributed by atoms with E-state index in [0.717, 1.165) is 21.3 Å². The molecule has 2 rings (SSSR count). The molecule has 1 N–H and O–H groups in total. The van der Waals surface area contributed by atoms with Crippen molar-refractivity contribution >= 4 is 15.9 Å². The minimum Gasteiger partial charge on any atom is -0.352 e. The molecule has 0 aliphatic carbocycles. The lowest BCUT2D eigenvalue weighted by Crippen LogP contribution is -2.25. The predicted molar refractivity (Wildman–Crippen MR) is 98.1 cm³/mol. The van der Waals surface area contributed by atoms with Gasteiger partial charge in [-0.3, -0.25) is 4.79 Å². The fourth-order valence-corrected chi connectivity index (χ4v) is 3.75. The van der Waals surface area contributed by atoms with Crippen LogP contribution in [0.1, 0.15) is 32.9 Å². The Bertz CT molecular complexity index is 912. The van der Waals surface area contributed by atoms with Gasteiger partial charge in [-0.25, -0.2) is 12.7 Å². The lowest BCUT2D eigenvalue weighted by Gasteiger charge is -2.14. The lowest BCUT2D eigenvalue weighted by atomic mass is 10.1. The van der Waals surface area contributed by atoms with Crippen LogP contribution in [0, 0.1) is 20.8 Å². The normalized spacial score (nSPS) is 11.8. The van der Waals surface area contributed by atoms with E-state index in [1.54, 1.807) is 19.1 Å². The Morgan fingerprint density at radius 3 is 2.32 bits per heavy atom. The summed E-state index contributed by atoms with van der Waals surface area (Å²) in [6.07, 6.45) is 0. The van der Waals surface area contributed by atoms with Gasteiger partial charge >= 0.3 is 0 Å². The molecule has 0 aliphatic rings. The Morgan fingerprint density at radius 1 is 1.16 bits per heavy atom. The number of aryl methyl sites for hydroxylation is 2. The zero-order valence-corrected chi connectivity index (χ0v) is 16.4. The van der Waals surface area contributed by atoms with Crippen molar-refractivity contribution in [3.8, 4) is 0 Å². The molecule has 25 heavy (non-hydrogen) atoms. The van der Waals surface area contributed by atoms with E-state index >= 15 is 0 Å². The lowest BCUT2D eigenvalue weighted by molar-refractivity contribution is 0.0950. The van der Waals surface area contributed by atoms with E-state index in [-0.39, 0.29) is 10.8 Å². The monoisotopic (exact) mass is 363 g/mol. The zero-order valence-electron chi connectivity index (χ0n) is 15.5. The van der Waals surface area contributed by atoms with Crippen LogP contribution in [-0.4, -0.2) is 37.3 Å². The van der Waals surface area contributed by atoms with Gasteiger partial charge in [-0.15, -0.1) is 0 Å². The highest BCUT2D eigenvalue weighted by molar-refractivity contribution is 7.89. The SMILES string of the molecule is Cc1ccc(C(=O)NCc2cc(C)n(C)c2C)cc1S(=O)(=O)N(C)C. The van der Waals surface area contributed by atoms with Crippen LogP contribution in [0.25, 0.3) is 0 Å². The van der Waals surface area contributed by atoms with E-state index in [1.165, 1.54) is 20.2 Å². The van der Waals surface area contributed by atoms with Crippen molar-refractivity contribution in [2.24, 2.45) is 7.05 Å². The number of aromatic nitrogens is 1. The van der Waals surface area contributed by atoms with Crippen LogP contribution >= 0.6 is 0 Å². The number of nitrogens with zero attached hydrogens (tertiary/aromatic N) is 2. The van der Waals surface area contributed by atoms with Crippen LogP contribution in [0.15, 0.2) is 29.2 Å². The summed E-state index contributed by atoms with van der Waals surface area (Å²) in [5.41, 5.74) is 4.20. The first-order valence-corrected chi connectivity index (χ1v) is 9.43. The number of hydrogen-bond acceptors (Lipinski definition) is 3. The van der Waals surface area contributed by atoms with E-state index in [4.69, 9.17) is 0 Å². The van der Waals surface area contributed by atoms with Gasteiger partial charge in [-0.05, 0) is 50.1 Å². The van der Waals surface area contributed by atoms with Crippen molar-refractivity contribution in [1.82, 2.24) is 14.2 Å². The Kier molecular flexibility index (Phi) is 5.39. The van der Waals surface area contributed by atoms with Gasteiger partial charge < -0.3 is 9.88 Å². The second-order valence-corrected chi connectivity index (χ2v) is 8.53. The predicted octanol–water partition coefficient (Wildman–Crippen LogP) is 2.13. The maximum atomic E-state index is 12.5. The van der Waals surface area contributed by atoms with Gasteiger partial charge in [0.05, 0.1) is 4.90 Å². The zero-order chi connectivity index (χ0) is 18.9. The Hall–Kier alpha value is -2.12. The number of amides is 1. The van der Waals surface area contributed by atoms with Crippen LogP contribution in [0.3, 0.4) is 0 Å². The van der Waals surface area contributed by atoms with Crippen molar-refractivity contribution < 1.29 is 13.2 Å². The van der Waals surface area contributed by atoms with Crippen molar-refractivity contribution in [3.05, 3.63) is 52.3 Å². The number of carbonyl (C=O) groups is 1. The molecule has 1 amide bonds. The van der Waals surface area contributed by atoms with Gasteiger partial charge in [0.1, 0.15) is 0 Å². The molecule has 1 aromatic heterocycles. The number of carbonyl (C=O) groups excluding carboxylic acids is 1. The highest BCUT2D eigenvalue weighted by atomic mass is 32.2. The van der Waals surface area contributed by atoms with Crippen LogP contribution in [-0.2, 0) is 23.6 Å². The number of hydrogen-bond donors (Lipinski definition) is 1. The Labute approximate surface area is 149 Å². The van der Waals surface area contributed by atoms with Gasteiger partial charge in [0.15, 0.2) is 0 Å². The number of rotatable bonds is 5. The summed E-state index contributed by atoms with van der Waals surface area (Å²) in [6, 6.07) is 6.77. The summed E-state index contributed by atoms with van der Waals surface area (Å²) in [5.74, 6) is -0.295. The maximum Gasteiger partial charge on any atom is 0.251 e. The molecule has 0 atom stereocenters. The van der Waals surface area contributed by atoms with Gasteiger partial charge in [-0.2, -0.15) is 0 Å². The molecule has 0 bridgehead atoms. The van der Waals surface area contributed by atoms with E-state index in [0.29, 0.717) is 17.7 Å². The molecule has 6 nitrogen and oxygen atoms in total. The van der Waals surface area contributed by atoms with Crippen molar-refractivity contribution in [2.45, 2.75) is 32.2 Å². The molecule has 0 saturated carbocycles. The van der Waals surface area contributed by atoms with Crippen LogP contribution in [0.2, 0.25) is 0 Å². The summed E-state index contributed by atoms with van der Waals surface area (Å²) >= 11 is 0. The minimum atomic E-state index is -3.59. The molecule has 0 unspecified atom stereocenters. The van der Waals surface area contributed by atoms with E-state index in [9.17, 15) is 13.2 Å². The molecule has 2 aromatic rings. The van der Waals surface area contributed by atoms with Crippen molar-refractivity contribution in [1.29, 1.82) is 0 Å². The summed E-state index contributed by atoms with van der Waals surface area (Å²) in [5, 5.41) is 2.86. The van der Waals surface area contributed by atoms with Gasteiger partial charge in [-0.1, -0.05) is 6.07 Å². The second-order valence-electron chi connectivity index (χ2n) is 6.41. The maximum absolute atomic E-state index is 12.5. The van der Waals surface area contributed by atoms with E-state index in [2.05, 4.69) is 9.88 Å². The summed E-state index contributed by atoms with van der Waals surface area (Å²) in [6.45, 7) is 6.13. The number of sulfonamides is 1. The second kappa shape index (κ2) is 7.01.